The fraction of sp³-hybridized carbons (Fsp3) is 0.350. The Bertz CT molecular complexity index is 783. The summed E-state index contributed by atoms with van der Waals surface area (Å²) in [6.45, 7) is 10.3. The lowest BCUT2D eigenvalue weighted by Crippen LogP contribution is -2.24. The van der Waals surface area contributed by atoms with E-state index in [1.165, 1.54) is 5.56 Å². The van der Waals surface area contributed by atoms with Gasteiger partial charge in [-0.1, -0.05) is 44.2 Å². The zero-order chi connectivity index (χ0) is 18.4. The Kier molecular flexibility index (Phi) is 6.28. The maximum absolute atomic E-state index is 11.9. The topological polar surface area (TPSA) is 59.3 Å². The number of amides is 1. The van der Waals surface area contributed by atoms with Gasteiger partial charge in [0.15, 0.2) is 0 Å². The molecule has 0 aliphatic heterocycles. The Morgan fingerprint density at radius 3 is 2.52 bits per heavy atom. The van der Waals surface area contributed by atoms with Crippen LogP contribution in [0.15, 0.2) is 41.0 Å². The minimum absolute atomic E-state index is 0.163. The number of rotatable bonds is 6. The van der Waals surface area contributed by atoms with E-state index in [2.05, 4.69) is 53.7 Å². The highest BCUT2D eigenvalue weighted by atomic mass is 16.2. The van der Waals surface area contributed by atoms with Crippen molar-refractivity contribution in [3.8, 4) is 0 Å². The molecule has 0 unspecified atom stereocenters. The van der Waals surface area contributed by atoms with Crippen LogP contribution >= 0.6 is 0 Å². The molecule has 2 rings (SSSR count). The molecule has 0 radical (unpaired) electrons. The number of aromatic nitrogens is 2. The highest BCUT2D eigenvalue weighted by Gasteiger charge is 2.05. The second-order valence-corrected chi connectivity index (χ2v) is 6.59. The number of allylic oxidation sites excluding steroid dienone is 1. The van der Waals surface area contributed by atoms with Gasteiger partial charge >= 0.3 is 0 Å². The van der Waals surface area contributed by atoms with Crippen molar-refractivity contribution in [2.24, 2.45) is 5.10 Å². The Hall–Kier alpha value is -2.69. The van der Waals surface area contributed by atoms with E-state index in [4.69, 9.17) is 0 Å². The first-order valence-electron chi connectivity index (χ1n) is 8.46. The number of aryl methyl sites for hydroxylation is 2. The molecule has 0 aliphatic rings. The molecular weight excluding hydrogens is 312 g/mol. The molecule has 25 heavy (non-hydrogen) atoms. The van der Waals surface area contributed by atoms with E-state index in [0.717, 1.165) is 22.5 Å². The number of carbonyl (C=O) groups is 1. The maximum Gasteiger partial charge on any atom is 0.261 e. The predicted molar refractivity (Wildman–Crippen MR) is 103 cm³/mol. The smallest absolute Gasteiger partial charge is 0.261 e. The van der Waals surface area contributed by atoms with Crippen molar-refractivity contribution in [3.05, 3.63) is 58.4 Å². The van der Waals surface area contributed by atoms with Crippen molar-refractivity contribution >= 4 is 18.2 Å². The van der Waals surface area contributed by atoms with Crippen molar-refractivity contribution in [1.82, 2.24) is 15.2 Å². The lowest BCUT2D eigenvalue weighted by Gasteiger charge is -2.05. The average molecular weight is 338 g/mol. The Morgan fingerprint density at radius 2 is 1.96 bits per heavy atom. The summed E-state index contributed by atoms with van der Waals surface area (Å²) in [5.41, 5.74) is 7.79. The molecule has 0 bridgehead atoms. The van der Waals surface area contributed by atoms with Gasteiger partial charge in [0.25, 0.3) is 5.91 Å². The molecule has 5 heteroatoms. The highest BCUT2D eigenvalue weighted by molar-refractivity contribution is 5.86. The minimum atomic E-state index is -0.198. The number of carbonyl (C=O) groups excluding carboxylic acids is 1. The molecule has 1 N–H and O–H groups in total. The fourth-order valence-electron chi connectivity index (χ4n) is 2.49. The lowest BCUT2D eigenvalue weighted by atomic mass is 10.0. The minimum Gasteiger partial charge on any atom is -0.271 e. The second kappa shape index (κ2) is 8.42. The Morgan fingerprint density at radius 1 is 1.28 bits per heavy atom. The van der Waals surface area contributed by atoms with Crippen molar-refractivity contribution < 1.29 is 4.79 Å². The number of hydrogen-bond acceptors (Lipinski definition) is 3. The summed E-state index contributed by atoms with van der Waals surface area (Å²) in [5, 5.41) is 8.27. The van der Waals surface area contributed by atoms with Gasteiger partial charge in [-0.05, 0) is 49.5 Å². The summed E-state index contributed by atoms with van der Waals surface area (Å²) >= 11 is 0. The first-order valence-corrected chi connectivity index (χ1v) is 8.46. The van der Waals surface area contributed by atoms with Gasteiger partial charge < -0.3 is 0 Å². The monoisotopic (exact) mass is 338 g/mol. The van der Waals surface area contributed by atoms with E-state index in [-0.39, 0.29) is 12.5 Å². The van der Waals surface area contributed by atoms with Crippen LogP contribution in [0.3, 0.4) is 0 Å². The molecule has 0 saturated carbocycles. The van der Waals surface area contributed by atoms with Crippen LogP contribution in [-0.4, -0.2) is 21.9 Å². The third kappa shape index (κ3) is 5.71. The number of benzene rings is 1. The lowest BCUT2D eigenvalue weighted by molar-refractivity contribution is -0.121. The molecule has 5 nitrogen and oxygen atoms in total. The molecule has 0 fully saturated rings. The summed E-state index contributed by atoms with van der Waals surface area (Å²) < 4.78 is 1.67. The van der Waals surface area contributed by atoms with Crippen molar-refractivity contribution in [3.63, 3.8) is 0 Å². The van der Waals surface area contributed by atoms with E-state index in [9.17, 15) is 4.79 Å². The second-order valence-electron chi connectivity index (χ2n) is 6.59. The van der Waals surface area contributed by atoms with Gasteiger partial charge in [-0.3, -0.25) is 9.48 Å². The third-order valence-corrected chi connectivity index (χ3v) is 3.85. The molecule has 1 aromatic heterocycles. The zero-order valence-corrected chi connectivity index (χ0v) is 15.6. The number of nitrogens with one attached hydrogen (secondary N) is 1. The number of hydrazone groups is 1. The summed E-state index contributed by atoms with van der Waals surface area (Å²) in [7, 11) is 0. The molecule has 0 aliphatic carbocycles. The average Bonchev–Trinajstić information content (AvgIpc) is 2.85. The van der Waals surface area contributed by atoms with E-state index < -0.39 is 0 Å². The Labute approximate surface area is 149 Å². The van der Waals surface area contributed by atoms with Crippen LogP contribution in [0.5, 0.6) is 0 Å². The first kappa shape index (κ1) is 18.6. The van der Waals surface area contributed by atoms with Gasteiger partial charge in [-0.2, -0.15) is 10.2 Å². The quantitative estimate of drug-likeness (QED) is 0.643. The number of hydrogen-bond donors (Lipinski definition) is 1. The summed E-state index contributed by atoms with van der Waals surface area (Å²) in [6, 6.07) is 10.4. The third-order valence-electron chi connectivity index (χ3n) is 3.85. The van der Waals surface area contributed by atoms with Gasteiger partial charge in [-0.25, -0.2) is 5.43 Å². The first-order chi connectivity index (χ1) is 11.8. The van der Waals surface area contributed by atoms with Gasteiger partial charge in [-0.15, -0.1) is 0 Å². The predicted octanol–water partition coefficient (Wildman–Crippen LogP) is 3.83. The number of nitrogens with zero attached hydrogens (tertiary/aromatic N) is 3. The molecule has 1 aromatic carbocycles. The van der Waals surface area contributed by atoms with Crippen LogP contribution in [-0.2, 0) is 11.3 Å². The van der Waals surface area contributed by atoms with Gasteiger partial charge in [0, 0.05) is 5.69 Å². The zero-order valence-electron chi connectivity index (χ0n) is 15.6. The molecule has 0 atom stereocenters. The van der Waals surface area contributed by atoms with E-state index >= 15 is 0 Å². The standard InChI is InChI=1S/C20H26N4O/c1-14(2)19-8-6-18(7-9-19)10-15(3)12-21-22-20(25)13-24-17(5)11-16(4)23-24/h6-12,14H,13H2,1-5H3,(H,22,25). The molecule has 0 saturated heterocycles. The van der Waals surface area contributed by atoms with Crippen LogP contribution in [0.25, 0.3) is 6.08 Å². The normalized spacial score (nSPS) is 12.2. The van der Waals surface area contributed by atoms with Crippen LogP contribution in [0.2, 0.25) is 0 Å². The molecule has 2 aromatic rings. The summed E-state index contributed by atoms with van der Waals surface area (Å²) in [4.78, 5) is 11.9. The summed E-state index contributed by atoms with van der Waals surface area (Å²) in [6.07, 6.45) is 3.68. The van der Waals surface area contributed by atoms with Gasteiger partial charge in [0.1, 0.15) is 6.54 Å². The molecule has 0 spiro atoms. The molecule has 132 valence electrons. The van der Waals surface area contributed by atoms with Crippen LogP contribution in [0, 0.1) is 13.8 Å². The van der Waals surface area contributed by atoms with Crippen molar-refractivity contribution in [1.29, 1.82) is 0 Å². The van der Waals surface area contributed by atoms with E-state index in [1.807, 2.05) is 32.9 Å². The van der Waals surface area contributed by atoms with Crippen LogP contribution in [0.4, 0.5) is 0 Å². The maximum atomic E-state index is 11.9. The van der Waals surface area contributed by atoms with Crippen molar-refractivity contribution in [2.75, 3.05) is 0 Å². The van der Waals surface area contributed by atoms with Crippen molar-refractivity contribution in [2.45, 2.75) is 47.1 Å². The molecular formula is C20H26N4O. The van der Waals surface area contributed by atoms with E-state index in [1.54, 1.807) is 10.9 Å². The fourth-order valence-corrected chi connectivity index (χ4v) is 2.49. The van der Waals surface area contributed by atoms with Gasteiger partial charge in [0.2, 0.25) is 0 Å². The SMILES string of the molecule is CC(C=NNC(=O)Cn1nc(C)cc1C)=Cc1ccc(C(C)C)cc1. The molecule has 1 amide bonds. The van der Waals surface area contributed by atoms with Crippen LogP contribution in [0.1, 0.15) is 49.2 Å². The van der Waals surface area contributed by atoms with Gasteiger partial charge in [0.05, 0.1) is 11.9 Å². The highest BCUT2D eigenvalue weighted by Crippen LogP contribution is 2.15. The molecule has 1 heterocycles. The van der Waals surface area contributed by atoms with Crippen LogP contribution < -0.4 is 5.43 Å². The Balaban J connectivity index is 1.89. The summed E-state index contributed by atoms with van der Waals surface area (Å²) in [5.74, 6) is 0.328. The van der Waals surface area contributed by atoms with E-state index in [0.29, 0.717) is 5.92 Å². The largest absolute Gasteiger partial charge is 0.271 e.